The predicted molar refractivity (Wildman–Crippen MR) is 211 cm³/mol. The van der Waals surface area contributed by atoms with E-state index in [1.807, 2.05) is 24.4 Å². The van der Waals surface area contributed by atoms with Crippen LogP contribution < -0.4 is 0 Å². The van der Waals surface area contributed by atoms with Gasteiger partial charge in [0.15, 0.2) is 11.6 Å². The summed E-state index contributed by atoms with van der Waals surface area (Å²) in [5, 5.41) is 5.80. The molecular formula is C47H34N4. The van der Waals surface area contributed by atoms with Crippen molar-refractivity contribution < 1.29 is 0 Å². The molecule has 2 aromatic heterocycles. The maximum absolute atomic E-state index is 5.22. The van der Waals surface area contributed by atoms with E-state index in [2.05, 4.69) is 151 Å². The molecule has 0 aliphatic heterocycles. The highest BCUT2D eigenvalue weighted by Gasteiger charge is 2.17. The number of hydrogen-bond donors (Lipinski definition) is 0. The second-order valence-electron chi connectivity index (χ2n) is 12.9. The zero-order valence-corrected chi connectivity index (χ0v) is 28.3. The molecular weight excluding hydrogens is 621 g/mol. The molecule has 0 atom stereocenters. The molecule has 0 saturated heterocycles. The fraction of sp³-hybridized carbons (Fsp3) is 0.0638. The van der Waals surface area contributed by atoms with Gasteiger partial charge >= 0.3 is 0 Å². The van der Waals surface area contributed by atoms with Gasteiger partial charge in [-0.25, -0.2) is 15.0 Å². The first-order chi connectivity index (χ1) is 25.2. The third-order valence-electron chi connectivity index (χ3n) is 9.81. The summed E-state index contributed by atoms with van der Waals surface area (Å²) in [5.41, 5.74) is 10.1. The zero-order valence-electron chi connectivity index (χ0n) is 28.3. The normalized spacial score (nSPS) is 11.4. The Balaban J connectivity index is 1.19. The molecule has 7 aromatic carbocycles. The van der Waals surface area contributed by atoms with Crippen molar-refractivity contribution in [3.63, 3.8) is 0 Å². The summed E-state index contributed by atoms with van der Waals surface area (Å²) in [4.78, 5) is 20.3. The van der Waals surface area contributed by atoms with E-state index in [1.165, 1.54) is 33.0 Å². The van der Waals surface area contributed by atoms with Crippen molar-refractivity contribution in [2.45, 2.75) is 19.8 Å². The van der Waals surface area contributed by atoms with Gasteiger partial charge in [-0.2, -0.15) is 0 Å². The van der Waals surface area contributed by atoms with Crippen LogP contribution in [0.25, 0.3) is 77.5 Å². The summed E-state index contributed by atoms with van der Waals surface area (Å²) in [6.07, 6.45) is 3.48. The van der Waals surface area contributed by atoms with Gasteiger partial charge in [0.2, 0.25) is 0 Å². The van der Waals surface area contributed by atoms with Gasteiger partial charge < -0.3 is 0 Å². The summed E-state index contributed by atoms with van der Waals surface area (Å²) < 4.78 is 0. The molecule has 4 nitrogen and oxygen atoms in total. The minimum absolute atomic E-state index is 0.573. The van der Waals surface area contributed by atoms with Crippen molar-refractivity contribution >= 4 is 32.4 Å². The lowest BCUT2D eigenvalue weighted by Gasteiger charge is -2.15. The fourth-order valence-electron chi connectivity index (χ4n) is 7.23. The van der Waals surface area contributed by atoms with Gasteiger partial charge in [0.1, 0.15) is 5.82 Å². The van der Waals surface area contributed by atoms with E-state index in [0.29, 0.717) is 18.1 Å². The van der Waals surface area contributed by atoms with Crippen molar-refractivity contribution in [3.8, 4) is 45.0 Å². The lowest BCUT2D eigenvalue weighted by molar-refractivity contribution is 0.934. The van der Waals surface area contributed by atoms with Crippen LogP contribution in [0.4, 0.5) is 0 Å². The number of pyridine rings is 1. The number of para-hydroxylation sites is 1. The molecule has 0 amide bonds. The van der Waals surface area contributed by atoms with Gasteiger partial charge in [0.25, 0.3) is 0 Å². The van der Waals surface area contributed by atoms with Gasteiger partial charge in [-0.05, 0) is 74.0 Å². The van der Waals surface area contributed by atoms with Crippen LogP contribution in [0.1, 0.15) is 23.9 Å². The second-order valence-corrected chi connectivity index (χ2v) is 12.9. The van der Waals surface area contributed by atoms with Crippen LogP contribution in [0.15, 0.2) is 164 Å². The van der Waals surface area contributed by atoms with Crippen molar-refractivity contribution in [1.29, 1.82) is 0 Å². The third kappa shape index (κ3) is 5.81. The van der Waals surface area contributed by atoms with Gasteiger partial charge in [0.05, 0.1) is 5.52 Å². The number of hydrogen-bond acceptors (Lipinski definition) is 4. The van der Waals surface area contributed by atoms with Crippen LogP contribution in [-0.2, 0) is 12.8 Å². The average Bonchev–Trinajstić information content (AvgIpc) is 3.20. The highest BCUT2D eigenvalue weighted by atomic mass is 15.0. The zero-order chi connectivity index (χ0) is 34.1. The molecule has 0 N–H and O–H groups in total. The summed E-state index contributed by atoms with van der Waals surface area (Å²) in [6, 6.07) is 55.5. The summed E-state index contributed by atoms with van der Waals surface area (Å²) in [5.74, 6) is 2.06. The fourth-order valence-corrected chi connectivity index (χ4v) is 7.23. The lowest BCUT2D eigenvalue weighted by atomic mass is 9.93. The molecule has 0 bridgehead atoms. The molecule has 0 radical (unpaired) electrons. The number of aromatic nitrogens is 4. The first-order valence-corrected chi connectivity index (χ1v) is 17.5. The maximum atomic E-state index is 5.22. The van der Waals surface area contributed by atoms with Crippen molar-refractivity contribution in [3.05, 3.63) is 181 Å². The summed E-state index contributed by atoms with van der Waals surface area (Å²) in [6.45, 7) is 2.21. The first-order valence-electron chi connectivity index (χ1n) is 17.5. The molecule has 0 saturated carbocycles. The van der Waals surface area contributed by atoms with Gasteiger partial charge in [-0.1, -0.05) is 146 Å². The quantitative estimate of drug-likeness (QED) is 0.161. The smallest absolute Gasteiger partial charge is 0.164 e. The Bertz CT molecular complexity index is 2710. The van der Waals surface area contributed by atoms with E-state index in [0.717, 1.165) is 56.2 Å². The molecule has 2 heterocycles. The molecule has 242 valence electrons. The molecule has 0 spiro atoms. The Labute approximate surface area is 297 Å². The second kappa shape index (κ2) is 13.1. The van der Waals surface area contributed by atoms with Crippen molar-refractivity contribution in [1.82, 2.24) is 19.9 Å². The average molecular weight is 655 g/mol. The van der Waals surface area contributed by atoms with Gasteiger partial charge in [-0.15, -0.1) is 0 Å². The molecule has 0 aliphatic carbocycles. The predicted octanol–water partition coefficient (Wildman–Crippen LogP) is 11.5. The maximum Gasteiger partial charge on any atom is 0.164 e. The number of fused-ring (bicyclic) bond motifs is 4. The highest BCUT2D eigenvalue weighted by Crippen LogP contribution is 2.35. The number of benzene rings is 7. The number of rotatable bonds is 7. The van der Waals surface area contributed by atoms with E-state index in [1.54, 1.807) is 0 Å². The Morgan fingerprint density at radius 1 is 0.431 bits per heavy atom. The monoisotopic (exact) mass is 654 g/mol. The van der Waals surface area contributed by atoms with Crippen LogP contribution in [0.5, 0.6) is 0 Å². The molecule has 51 heavy (non-hydrogen) atoms. The van der Waals surface area contributed by atoms with Crippen LogP contribution in [0.2, 0.25) is 0 Å². The van der Waals surface area contributed by atoms with E-state index in [9.17, 15) is 0 Å². The van der Waals surface area contributed by atoms with E-state index < -0.39 is 0 Å². The Morgan fingerprint density at radius 3 is 1.84 bits per heavy atom. The van der Waals surface area contributed by atoms with Gasteiger partial charge in [0, 0.05) is 34.7 Å². The molecule has 0 aliphatic rings. The van der Waals surface area contributed by atoms with E-state index >= 15 is 0 Å². The van der Waals surface area contributed by atoms with Crippen molar-refractivity contribution in [2.24, 2.45) is 0 Å². The van der Waals surface area contributed by atoms with Gasteiger partial charge in [-0.3, -0.25) is 4.98 Å². The minimum Gasteiger partial charge on any atom is -0.256 e. The Morgan fingerprint density at radius 2 is 1.04 bits per heavy atom. The Kier molecular flexibility index (Phi) is 7.82. The topological polar surface area (TPSA) is 51.6 Å². The minimum atomic E-state index is 0.573. The molecule has 9 rings (SSSR count). The van der Waals surface area contributed by atoms with Crippen LogP contribution in [0.3, 0.4) is 0 Å². The molecule has 0 fully saturated rings. The van der Waals surface area contributed by atoms with Crippen LogP contribution in [-0.4, -0.2) is 19.9 Å². The highest BCUT2D eigenvalue weighted by molar-refractivity contribution is 6.13. The largest absolute Gasteiger partial charge is 0.256 e. The van der Waals surface area contributed by atoms with Crippen LogP contribution >= 0.6 is 0 Å². The number of nitrogens with zero attached hydrogens (tertiary/aromatic N) is 4. The molecule has 4 heteroatoms. The first kappa shape index (κ1) is 30.5. The standard InChI is InChI=1S/C47H34N4/c1-2-31-13-3-7-17-38(31)39-18-8-5-15-35(39)29-45-49-46(33-25-23-32(24-26-33)37-27-36-16-6-12-22-44(36)48-30-37)51-47(50-45)43-28-34-14-4-9-19-40(34)41-20-10-11-21-42(41)43/h3-28,30H,2,29H2,1H3. The lowest BCUT2D eigenvalue weighted by Crippen LogP contribution is -2.05. The van der Waals surface area contributed by atoms with Crippen LogP contribution in [0, 0.1) is 0 Å². The van der Waals surface area contributed by atoms with E-state index in [4.69, 9.17) is 15.0 Å². The van der Waals surface area contributed by atoms with Crippen molar-refractivity contribution in [2.75, 3.05) is 0 Å². The summed E-state index contributed by atoms with van der Waals surface area (Å²) in [7, 11) is 0. The molecule has 9 aromatic rings. The third-order valence-corrected chi connectivity index (χ3v) is 9.81. The summed E-state index contributed by atoms with van der Waals surface area (Å²) >= 11 is 0. The molecule has 0 unspecified atom stereocenters. The number of aryl methyl sites for hydroxylation is 1. The van der Waals surface area contributed by atoms with E-state index in [-0.39, 0.29) is 0 Å². The SMILES string of the molecule is CCc1ccccc1-c1ccccc1Cc1nc(-c2ccc(-c3cnc4ccccc4c3)cc2)nc(-c2cc3ccccc3c3ccccc23)n1. The Hall–Kier alpha value is -6.52.